The minimum atomic E-state index is 0.0956. The first-order chi connectivity index (χ1) is 17.0. The summed E-state index contributed by atoms with van der Waals surface area (Å²) in [5.41, 5.74) is 2.09. The van der Waals surface area contributed by atoms with E-state index in [1.807, 2.05) is 66.8 Å². The van der Waals surface area contributed by atoms with Gasteiger partial charge in [-0.3, -0.25) is 4.79 Å². The van der Waals surface area contributed by atoms with Crippen LogP contribution >= 0.6 is 0 Å². The topological polar surface area (TPSA) is 42.0 Å². The molecule has 1 amide bonds. The van der Waals surface area contributed by atoms with E-state index in [0.29, 0.717) is 24.1 Å². The lowest BCUT2D eigenvalue weighted by atomic mass is 9.86. The molecule has 1 fully saturated rings. The Morgan fingerprint density at radius 2 is 1.71 bits per heavy atom. The standard InChI is InChI=1S/C30H40N2O3/c1-24-14-17-27(18-15-24)32(21-20-31(2)3)30(33)13-9-8-10-25-16-19-28(29(22-25)34-4)35-23-26-11-6-5-7-12-26/h5-13,16,19,22,24,27H,14-15,17-18,20-21,23H2,1-4H3/t24-,27-. The van der Waals surface area contributed by atoms with Crippen LogP contribution in [0.15, 0.2) is 66.8 Å². The normalized spacial score (nSPS) is 18.3. The van der Waals surface area contributed by atoms with E-state index in [4.69, 9.17) is 9.47 Å². The molecule has 3 rings (SSSR count). The fourth-order valence-corrected chi connectivity index (χ4v) is 4.38. The summed E-state index contributed by atoms with van der Waals surface area (Å²) in [6, 6.07) is 16.3. The van der Waals surface area contributed by atoms with Crippen LogP contribution in [0.5, 0.6) is 11.5 Å². The minimum Gasteiger partial charge on any atom is -0.493 e. The highest BCUT2D eigenvalue weighted by molar-refractivity contribution is 5.88. The summed E-state index contributed by atoms with van der Waals surface area (Å²) in [4.78, 5) is 17.2. The molecule has 1 aliphatic rings. The molecule has 188 valence electrons. The van der Waals surface area contributed by atoms with Crippen LogP contribution in [0.2, 0.25) is 0 Å². The Labute approximate surface area is 211 Å². The van der Waals surface area contributed by atoms with Crippen LogP contribution in [-0.4, -0.2) is 56.0 Å². The van der Waals surface area contributed by atoms with Gasteiger partial charge in [0.1, 0.15) is 6.61 Å². The molecule has 0 aromatic heterocycles. The summed E-state index contributed by atoms with van der Waals surface area (Å²) in [6.45, 7) is 4.44. The highest BCUT2D eigenvalue weighted by Crippen LogP contribution is 2.30. The van der Waals surface area contributed by atoms with Crippen molar-refractivity contribution in [3.8, 4) is 11.5 Å². The fourth-order valence-electron chi connectivity index (χ4n) is 4.38. The molecule has 1 aliphatic carbocycles. The molecule has 5 heteroatoms. The molecule has 5 nitrogen and oxygen atoms in total. The van der Waals surface area contributed by atoms with Gasteiger partial charge in [0.05, 0.1) is 7.11 Å². The molecular formula is C30H40N2O3. The predicted molar refractivity (Wildman–Crippen MR) is 144 cm³/mol. The van der Waals surface area contributed by atoms with Gasteiger partial charge in [0, 0.05) is 25.2 Å². The van der Waals surface area contributed by atoms with Crippen LogP contribution in [-0.2, 0) is 11.4 Å². The lowest BCUT2D eigenvalue weighted by Gasteiger charge is -2.36. The van der Waals surface area contributed by atoms with Crippen LogP contribution in [0.25, 0.3) is 6.08 Å². The van der Waals surface area contributed by atoms with E-state index >= 15 is 0 Å². The maximum atomic E-state index is 13.0. The minimum absolute atomic E-state index is 0.0956. The van der Waals surface area contributed by atoms with E-state index < -0.39 is 0 Å². The smallest absolute Gasteiger partial charge is 0.246 e. The van der Waals surface area contributed by atoms with E-state index in [-0.39, 0.29) is 5.91 Å². The average Bonchev–Trinajstić information content (AvgIpc) is 2.87. The molecule has 0 bridgehead atoms. The van der Waals surface area contributed by atoms with E-state index in [1.165, 1.54) is 12.8 Å². The summed E-state index contributed by atoms with van der Waals surface area (Å²) in [6.07, 6.45) is 12.0. The number of rotatable bonds is 11. The van der Waals surface area contributed by atoms with Gasteiger partial charge in [-0.15, -0.1) is 0 Å². The van der Waals surface area contributed by atoms with Crippen LogP contribution < -0.4 is 9.47 Å². The number of methoxy groups -OCH3 is 1. The fraction of sp³-hybridized carbons (Fsp3) is 0.433. The van der Waals surface area contributed by atoms with Gasteiger partial charge in [0.25, 0.3) is 0 Å². The molecular weight excluding hydrogens is 436 g/mol. The van der Waals surface area contributed by atoms with Crippen LogP contribution in [0.4, 0.5) is 0 Å². The highest BCUT2D eigenvalue weighted by atomic mass is 16.5. The summed E-state index contributed by atoms with van der Waals surface area (Å²) in [5, 5.41) is 0. The van der Waals surface area contributed by atoms with Gasteiger partial charge in [-0.25, -0.2) is 0 Å². The first-order valence-corrected chi connectivity index (χ1v) is 12.6. The third-order valence-electron chi connectivity index (χ3n) is 6.56. The van der Waals surface area contributed by atoms with Crippen LogP contribution in [0.1, 0.15) is 43.7 Å². The summed E-state index contributed by atoms with van der Waals surface area (Å²) < 4.78 is 11.5. The Morgan fingerprint density at radius 1 is 0.971 bits per heavy atom. The second kappa shape index (κ2) is 13.7. The number of allylic oxidation sites excluding steroid dienone is 2. The second-order valence-corrected chi connectivity index (χ2v) is 9.65. The average molecular weight is 477 g/mol. The SMILES string of the molecule is COc1cc(C=CC=CC(=O)N(CCN(C)C)[C@H]2CC[C@H](C)CC2)ccc1OCc1ccccc1. The lowest BCUT2D eigenvalue weighted by Crippen LogP contribution is -2.44. The summed E-state index contributed by atoms with van der Waals surface area (Å²) in [5.74, 6) is 2.25. The van der Waals surface area contributed by atoms with Crippen molar-refractivity contribution < 1.29 is 14.3 Å². The molecule has 0 saturated heterocycles. The number of amides is 1. The number of carbonyl (C=O) groups is 1. The van der Waals surface area contributed by atoms with Crippen molar-refractivity contribution in [2.75, 3.05) is 34.3 Å². The molecule has 35 heavy (non-hydrogen) atoms. The Kier molecular flexibility index (Phi) is 10.4. The molecule has 0 N–H and O–H groups in total. The number of carbonyl (C=O) groups excluding carboxylic acids is 1. The van der Waals surface area contributed by atoms with Crippen LogP contribution in [0, 0.1) is 5.92 Å². The monoisotopic (exact) mass is 476 g/mol. The number of benzene rings is 2. The van der Waals surface area contributed by atoms with Gasteiger partial charge in [-0.05, 0) is 69.0 Å². The molecule has 0 radical (unpaired) electrons. The number of ether oxygens (including phenoxy) is 2. The third kappa shape index (κ3) is 8.59. The highest BCUT2D eigenvalue weighted by Gasteiger charge is 2.26. The zero-order valence-electron chi connectivity index (χ0n) is 21.7. The first-order valence-electron chi connectivity index (χ1n) is 12.6. The van der Waals surface area contributed by atoms with Crippen molar-refractivity contribution in [1.29, 1.82) is 0 Å². The zero-order chi connectivity index (χ0) is 25.0. The predicted octanol–water partition coefficient (Wildman–Crippen LogP) is 5.81. The van der Waals surface area contributed by atoms with E-state index in [1.54, 1.807) is 13.2 Å². The third-order valence-corrected chi connectivity index (χ3v) is 6.56. The quantitative estimate of drug-likeness (QED) is 0.303. The second-order valence-electron chi connectivity index (χ2n) is 9.65. The molecule has 2 aromatic carbocycles. The van der Waals surface area contributed by atoms with Gasteiger partial charge in [-0.2, -0.15) is 0 Å². The number of likely N-dealkylation sites (N-methyl/N-ethyl adjacent to an activating group) is 1. The molecule has 0 heterocycles. The first kappa shape index (κ1) is 26.6. The molecule has 1 saturated carbocycles. The molecule has 2 aromatic rings. The van der Waals surface area contributed by atoms with Gasteiger partial charge in [-0.1, -0.05) is 61.5 Å². The van der Waals surface area contributed by atoms with Crippen molar-refractivity contribution >= 4 is 12.0 Å². The lowest BCUT2D eigenvalue weighted by molar-refractivity contribution is -0.129. The Bertz CT molecular complexity index is 976. The summed E-state index contributed by atoms with van der Waals surface area (Å²) >= 11 is 0. The van der Waals surface area contributed by atoms with E-state index in [0.717, 1.165) is 43.0 Å². The van der Waals surface area contributed by atoms with Crippen molar-refractivity contribution in [2.24, 2.45) is 5.92 Å². The largest absolute Gasteiger partial charge is 0.493 e. The number of nitrogens with zero attached hydrogens (tertiary/aromatic N) is 2. The molecule has 0 atom stereocenters. The molecule has 0 aliphatic heterocycles. The van der Waals surface area contributed by atoms with E-state index in [9.17, 15) is 4.79 Å². The van der Waals surface area contributed by atoms with Gasteiger partial charge >= 0.3 is 0 Å². The number of hydrogen-bond donors (Lipinski definition) is 0. The van der Waals surface area contributed by atoms with Crippen molar-refractivity contribution in [3.05, 3.63) is 77.9 Å². The van der Waals surface area contributed by atoms with Crippen LogP contribution in [0.3, 0.4) is 0 Å². The van der Waals surface area contributed by atoms with E-state index in [2.05, 4.69) is 30.8 Å². The maximum Gasteiger partial charge on any atom is 0.246 e. The van der Waals surface area contributed by atoms with Crippen molar-refractivity contribution in [3.63, 3.8) is 0 Å². The van der Waals surface area contributed by atoms with Crippen molar-refractivity contribution in [1.82, 2.24) is 9.80 Å². The Morgan fingerprint density at radius 3 is 2.40 bits per heavy atom. The van der Waals surface area contributed by atoms with Gasteiger partial charge in [0.15, 0.2) is 11.5 Å². The maximum absolute atomic E-state index is 13.0. The molecule has 0 spiro atoms. The zero-order valence-corrected chi connectivity index (χ0v) is 21.7. The number of hydrogen-bond acceptors (Lipinski definition) is 4. The summed E-state index contributed by atoms with van der Waals surface area (Å²) in [7, 11) is 5.75. The Balaban J connectivity index is 1.60. The molecule has 0 unspecified atom stereocenters. The Hall–Kier alpha value is -3.05. The van der Waals surface area contributed by atoms with Gasteiger partial charge < -0.3 is 19.3 Å². The van der Waals surface area contributed by atoms with Gasteiger partial charge in [0.2, 0.25) is 5.91 Å². The van der Waals surface area contributed by atoms with Crippen molar-refractivity contribution in [2.45, 2.75) is 45.3 Å².